The molecule has 0 saturated carbocycles. The van der Waals surface area contributed by atoms with Crippen LogP contribution in [0.25, 0.3) is 0 Å². The van der Waals surface area contributed by atoms with Gasteiger partial charge in [0, 0.05) is 18.7 Å². The van der Waals surface area contributed by atoms with E-state index in [1.165, 1.54) is 13.2 Å². The third-order valence-electron chi connectivity index (χ3n) is 4.50. The molecule has 30 heavy (non-hydrogen) atoms. The monoisotopic (exact) mass is 439 g/mol. The van der Waals surface area contributed by atoms with E-state index in [-0.39, 0.29) is 10.8 Å². The van der Waals surface area contributed by atoms with Crippen molar-refractivity contribution in [3.8, 4) is 5.75 Å². The molecule has 0 aliphatic carbocycles. The fourth-order valence-electron chi connectivity index (χ4n) is 2.96. The number of thiocarbonyl (C=S) groups is 1. The van der Waals surface area contributed by atoms with Gasteiger partial charge in [0.1, 0.15) is 5.75 Å². The molecule has 2 N–H and O–H groups in total. The second-order valence-electron chi connectivity index (χ2n) is 6.47. The van der Waals surface area contributed by atoms with Crippen LogP contribution in [0.3, 0.4) is 0 Å². The lowest BCUT2D eigenvalue weighted by atomic mass is 10.1. The van der Waals surface area contributed by atoms with Gasteiger partial charge in [0.25, 0.3) is 5.91 Å². The predicted molar refractivity (Wildman–Crippen MR) is 111 cm³/mol. The van der Waals surface area contributed by atoms with E-state index >= 15 is 0 Å². The van der Waals surface area contributed by atoms with Gasteiger partial charge in [0.15, 0.2) is 5.11 Å². The van der Waals surface area contributed by atoms with Crippen molar-refractivity contribution in [2.45, 2.75) is 6.18 Å². The summed E-state index contributed by atoms with van der Waals surface area (Å²) in [5, 5.41) is 5.12. The Morgan fingerprint density at radius 1 is 1.13 bits per heavy atom. The number of carbonyl (C=O) groups is 1. The number of anilines is 2. The maximum absolute atomic E-state index is 13.2. The molecule has 0 bridgehead atoms. The van der Waals surface area contributed by atoms with Crippen molar-refractivity contribution >= 4 is 34.6 Å². The molecule has 0 atom stereocenters. The normalized spacial score (nSPS) is 14.2. The van der Waals surface area contributed by atoms with Crippen molar-refractivity contribution in [2.75, 3.05) is 43.6 Å². The molecule has 0 radical (unpaired) electrons. The van der Waals surface area contributed by atoms with E-state index in [9.17, 15) is 18.0 Å². The summed E-state index contributed by atoms with van der Waals surface area (Å²) in [5.74, 6) is 0.0985. The highest BCUT2D eigenvalue weighted by Gasteiger charge is 2.31. The molecule has 2 aromatic carbocycles. The van der Waals surface area contributed by atoms with Crippen molar-refractivity contribution in [1.29, 1.82) is 0 Å². The molecule has 0 aromatic heterocycles. The zero-order valence-corrected chi connectivity index (χ0v) is 16.9. The number of morpholine rings is 1. The highest BCUT2D eigenvalue weighted by Crippen LogP contribution is 2.35. The number of rotatable bonds is 4. The second kappa shape index (κ2) is 9.31. The Balaban J connectivity index is 1.78. The molecule has 1 aliphatic heterocycles. The summed E-state index contributed by atoms with van der Waals surface area (Å²) in [6, 6.07) is 9.75. The molecule has 1 amide bonds. The Morgan fingerprint density at radius 2 is 1.80 bits per heavy atom. The van der Waals surface area contributed by atoms with Crippen LogP contribution in [-0.4, -0.2) is 44.4 Å². The largest absolute Gasteiger partial charge is 0.497 e. The number of amides is 1. The van der Waals surface area contributed by atoms with Gasteiger partial charge in [-0.15, -0.1) is 0 Å². The molecule has 3 rings (SSSR count). The Hall–Kier alpha value is -2.85. The van der Waals surface area contributed by atoms with Gasteiger partial charge in [-0.2, -0.15) is 13.2 Å². The van der Waals surface area contributed by atoms with Crippen LogP contribution >= 0.6 is 12.2 Å². The number of hydrogen-bond acceptors (Lipinski definition) is 5. The molecular formula is C20H20F3N3O3S. The highest BCUT2D eigenvalue weighted by molar-refractivity contribution is 7.80. The third-order valence-corrected chi connectivity index (χ3v) is 4.71. The molecule has 1 saturated heterocycles. The lowest BCUT2D eigenvalue weighted by Gasteiger charge is -2.31. The minimum Gasteiger partial charge on any atom is -0.497 e. The average molecular weight is 439 g/mol. The molecular weight excluding hydrogens is 419 g/mol. The quantitative estimate of drug-likeness (QED) is 0.709. The van der Waals surface area contributed by atoms with Crippen LogP contribution in [0.4, 0.5) is 24.5 Å². The number of methoxy groups -OCH3 is 1. The third kappa shape index (κ3) is 5.39. The summed E-state index contributed by atoms with van der Waals surface area (Å²) in [5.41, 5.74) is 0.225. The summed E-state index contributed by atoms with van der Waals surface area (Å²) < 4.78 is 49.9. The maximum atomic E-state index is 13.2. The van der Waals surface area contributed by atoms with Crippen LogP contribution < -0.4 is 20.3 Å². The lowest BCUT2D eigenvalue weighted by Crippen LogP contribution is -2.38. The Kier molecular flexibility index (Phi) is 6.78. The molecule has 160 valence electrons. The van der Waals surface area contributed by atoms with Crippen LogP contribution in [0, 0.1) is 0 Å². The zero-order chi connectivity index (χ0) is 21.7. The first-order valence-corrected chi connectivity index (χ1v) is 9.49. The first-order valence-electron chi connectivity index (χ1n) is 9.08. The van der Waals surface area contributed by atoms with Gasteiger partial charge >= 0.3 is 6.18 Å². The summed E-state index contributed by atoms with van der Waals surface area (Å²) in [6.45, 7) is 2.01. The smallest absolute Gasteiger partial charge is 0.416 e. The first kappa shape index (κ1) is 21.8. The predicted octanol–water partition coefficient (Wildman–Crippen LogP) is 3.68. The number of benzene rings is 2. The second-order valence-corrected chi connectivity index (χ2v) is 6.87. The van der Waals surface area contributed by atoms with Crippen LogP contribution in [0.5, 0.6) is 5.75 Å². The van der Waals surface area contributed by atoms with E-state index < -0.39 is 17.6 Å². The molecule has 0 unspecified atom stereocenters. The molecule has 1 aliphatic rings. The number of halogens is 3. The number of nitrogens with zero attached hydrogens (tertiary/aromatic N) is 1. The van der Waals surface area contributed by atoms with Gasteiger partial charge in [-0.3, -0.25) is 10.1 Å². The molecule has 6 nitrogen and oxygen atoms in total. The van der Waals surface area contributed by atoms with Crippen molar-refractivity contribution in [3.05, 3.63) is 53.6 Å². The van der Waals surface area contributed by atoms with Gasteiger partial charge < -0.3 is 19.7 Å². The number of alkyl halides is 3. The molecule has 1 fully saturated rings. The molecule has 1 heterocycles. The zero-order valence-electron chi connectivity index (χ0n) is 16.1. The molecule has 0 spiro atoms. The SMILES string of the molecule is COc1ccc(C(=O)NC(=S)Nc2cc(C(F)(F)F)ccc2N2CCOCC2)cc1. The van der Waals surface area contributed by atoms with E-state index in [1.54, 1.807) is 24.3 Å². The van der Waals surface area contributed by atoms with Crippen molar-refractivity contribution in [3.63, 3.8) is 0 Å². The van der Waals surface area contributed by atoms with E-state index in [4.69, 9.17) is 21.7 Å². The van der Waals surface area contributed by atoms with E-state index in [2.05, 4.69) is 10.6 Å². The van der Waals surface area contributed by atoms with Gasteiger partial charge in [-0.05, 0) is 54.7 Å². The van der Waals surface area contributed by atoms with Gasteiger partial charge in [-0.25, -0.2) is 0 Å². The van der Waals surface area contributed by atoms with Crippen LogP contribution in [0.15, 0.2) is 42.5 Å². The highest BCUT2D eigenvalue weighted by atomic mass is 32.1. The van der Waals surface area contributed by atoms with Crippen LogP contribution in [0.2, 0.25) is 0 Å². The fraction of sp³-hybridized carbons (Fsp3) is 0.300. The number of ether oxygens (including phenoxy) is 2. The minimum absolute atomic E-state index is 0.107. The number of hydrogen-bond donors (Lipinski definition) is 2. The summed E-state index contributed by atoms with van der Waals surface area (Å²) in [6.07, 6.45) is -4.51. The van der Waals surface area contributed by atoms with Crippen molar-refractivity contribution in [2.24, 2.45) is 0 Å². The first-order chi connectivity index (χ1) is 14.3. The van der Waals surface area contributed by atoms with Gasteiger partial charge in [-0.1, -0.05) is 0 Å². The Bertz CT molecular complexity index is 914. The van der Waals surface area contributed by atoms with E-state index in [1.807, 2.05) is 4.90 Å². The molecule has 10 heteroatoms. The fourth-order valence-corrected chi connectivity index (χ4v) is 3.17. The summed E-state index contributed by atoms with van der Waals surface area (Å²) in [7, 11) is 1.51. The van der Waals surface area contributed by atoms with Gasteiger partial charge in [0.2, 0.25) is 0 Å². The number of carbonyl (C=O) groups excluding carboxylic acids is 1. The standard InChI is InChI=1S/C20H20F3N3O3S/c1-28-15-5-2-13(3-6-15)18(27)25-19(30)24-16-12-14(20(21,22)23)4-7-17(16)26-8-10-29-11-9-26/h2-7,12H,8-11H2,1H3,(H2,24,25,27,30). The average Bonchev–Trinajstić information content (AvgIpc) is 2.73. The minimum atomic E-state index is -4.51. The van der Waals surface area contributed by atoms with Crippen molar-refractivity contribution in [1.82, 2.24) is 5.32 Å². The van der Waals surface area contributed by atoms with E-state index in [0.29, 0.717) is 43.3 Å². The topological polar surface area (TPSA) is 62.8 Å². The molecule has 2 aromatic rings. The summed E-state index contributed by atoms with van der Waals surface area (Å²) in [4.78, 5) is 14.3. The Labute approximate surface area is 177 Å². The number of nitrogens with one attached hydrogen (secondary N) is 2. The summed E-state index contributed by atoms with van der Waals surface area (Å²) >= 11 is 5.17. The lowest BCUT2D eigenvalue weighted by molar-refractivity contribution is -0.137. The Morgan fingerprint density at radius 3 is 2.40 bits per heavy atom. The van der Waals surface area contributed by atoms with E-state index in [0.717, 1.165) is 12.1 Å². The van der Waals surface area contributed by atoms with Gasteiger partial charge in [0.05, 0.1) is 37.3 Å². The van der Waals surface area contributed by atoms with Crippen LogP contribution in [0.1, 0.15) is 15.9 Å². The maximum Gasteiger partial charge on any atom is 0.416 e. The van der Waals surface area contributed by atoms with Crippen LogP contribution in [-0.2, 0) is 10.9 Å². The van der Waals surface area contributed by atoms with Crippen molar-refractivity contribution < 1.29 is 27.4 Å².